The van der Waals surface area contributed by atoms with Gasteiger partial charge in [-0.15, -0.1) is 0 Å². The van der Waals surface area contributed by atoms with E-state index in [0.717, 1.165) is 6.07 Å². The molecule has 1 aromatic carbocycles. The van der Waals surface area contributed by atoms with E-state index in [1.807, 2.05) is 0 Å². The number of ether oxygens (including phenoxy) is 1. The minimum absolute atomic E-state index is 0.0123. The van der Waals surface area contributed by atoms with Crippen molar-refractivity contribution in [2.75, 3.05) is 0 Å². The van der Waals surface area contributed by atoms with Gasteiger partial charge >= 0.3 is 5.97 Å². The maximum Gasteiger partial charge on any atom is 0.337 e. The highest BCUT2D eigenvalue weighted by atomic mass is 79.9. The molecular formula is C13H8BrF2NO3. The molecule has 104 valence electrons. The molecule has 0 unspecified atom stereocenters. The zero-order valence-corrected chi connectivity index (χ0v) is 11.7. The number of carboxylic acid groups (broad SMARTS) is 1. The van der Waals surface area contributed by atoms with Gasteiger partial charge in [-0.2, -0.15) is 4.39 Å². The number of carbonyl (C=O) groups is 1. The van der Waals surface area contributed by atoms with Crippen LogP contribution in [-0.2, 0) is 0 Å². The van der Waals surface area contributed by atoms with Crippen LogP contribution in [0.25, 0.3) is 0 Å². The highest BCUT2D eigenvalue weighted by molar-refractivity contribution is 9.10. The third-order valence-electron chi connectivity index (χ3n) is 2.46. The van der Waals surface area contributed by atoms with Crippen LogP contribution in [0.1, 0.15) is 16.1 Å². The number of rotatable bonds is 3. The maximum atomic E-state index is 13.5. The Labute approximate surface area is 121 Å². The number of aromatic nitrogens is 1. The van der Waals surface area contributed by atoms with Gasteiger partial charge < -0.3 is 9.84 Å². The standard InChI is InChI=1S/C13H8BrF2NO3/c1-6-8(13(18)19)2-3-11(17-6)20-10-5-7(14)4-9(15)12(10)16/h2-5H,1H3,(H,18,19). The predicted molar refractivity (Wildman–Crippen MR) is 70.1 cm³/mol. The quantitative estimate of drug-likeness (QED) is 0.858. The van der Waals surface area contributed by atoms with E-state index in [2.05, 4.69) is 20.9 Å². The van der Waals surface area contributed by atoms with E-state index in [9.17, 15) is 13.6 Å². The lowest BCUT2D eigenvalue weighted by atomic mass is 10.2. The monoisotopic (exact) mass is 343 g/mol. The zero-order valence-electron chi connectivity index (χ0n) is 10.2. The molecule has 0 saturated heterocycles. The first-order valence-corrected chi connectivity index (χ1v) is 6.21. The Morgan fingerprint density at radius 3 is 2.65 bits per heavy atom. The number of nitrogens with zero attached hydrogens (tertiary/aromatic N) is 1. The number of halogens is 3. The molecule has 1 aromatic heterocycles. The molecule has 0 fully saturated rings. The Hall–Kier alpha value is -2.02. The molecule has 0 amide bonds. The van der Waals surface area contributed by atoms with E-state index in [4.69, 9.17) is 9.84 Å². The number of pyridine rings is 1. The summed E-state index contributed by atoms with van der Waals surface area (Å²) in [5, 5.41) is 8.87. The number of aryl methyl sites for hydroxylation is 1. The molecule has 2 rings (SSSR count). The molecular weight excluding hydrogens is 336 g/mol. The highest BCUT2D eigenvalue weighted by Crippen LogP contribution is 2.29. The summed E-state index contributed by atoms with van der Waals surface area (Å²) in [4.78, 5) is 14.7. The third-order valence-corrected chi connectivity index (χ3v) is 2.92. The second-order valence-electron chi connectivity index (χ2n) is 3.89. The normalized spacial score (nSPS) is 10.4. The average Bonchev–Trinajstić information content (AvgIpc) is 2.35. The summed E-state index contributed by atoms with van der Waals surface area (Å²) in [5.74, 6) is -3.69. The Bertz CT molecular complexity index is 692. The lowest BCUT2D eigenvalue weighted by Gasteiger charge is -2.08. The van der Waals surface area contributed by atoms with Gasteiger partial charge in [-0.25, -0.2) is 14.2 Å². The van der Waals surface area contributed by atoms with Crippen molar-refractivity contribution in [3.05, 3.63) is 51.6 Å². The highest BCUT2D eigenvalue weighted by Gasteiger charge is 2.14. The number of carboxylic acids is 1. The van der Waals surface area contributed by atoms with Gasteiger partial charge in [0.2, 0.25) is 11.7 Å². The molecule has 0 aliphatic rings. The van der Waals surface area contributed by atoms with Gasteiger partial charge in [0.25, 0.3) is 0 Å². The number of aromatic carboxylic acids is 1. The number of benzene rings is 1. The SMILES string of the molecule is Cc1nc(Oc2cc(Br)cc(F)c2F)ccc1C(=O)O. The minimum atomic E-state index is -1.14. The topological polar surface area (TPSA) is 59.4 Å². The first kappa shape index (κ1) is 14.4. The Kier molecular flexibility index (Phi) is 3.99. The van der Waals surface area contributed by atoms with Crippen molar-refractivity contribution < 1.29 is 23.4 Å². The van der Waals surface area contributed by atoms with Crippen LogP contribution in [0.5, 0.6) is 11.6 Å². The van der Waals surface area contributed by atoms with Crippen LogP contribution in [0, 0.1) is 18.6 Å². The summed E-state index contributed by atoms with van der Waals surface area (Å²) in [6.07, 6.45) is 0. The van der Waals surface area contributed by atoms with Gasteiger partial charge in [0.05, 0.1) is 11.3 Å². The van der Waals surface area contributed by atoms with Crippen molar-refractivity contribution in [2.24, 2.45) is 0 Å². The minimum Gasteiger partial charge on any atom is -0.478 e. The van der Waals surface area contributed by atoms with E-state index in [1.54, 1.807) is 0 Å². The van der Waals surface area contributed by atoms with E-state index >= 15 is 0 Å². The molecule has 0 bridgehead atoms. The smallest absolute Gasteiger partial charge is 0.337 e. The van der Waals surface area contributed by atoms with Crippen molar-refractivity contribution in [1.29, 1.82) is 0 Å². The van der Waals surface area contributed by atoms with E-state index < -0.39 is 17.6 Å². The molecule has 20 heavy (non-hydrogen) atoms. The number of hydrogen-bond acceptors (Lipinski definition) is 3. The lowest BCUT2D eigenvalue weighted by molar-refractivity contribution is 0.0695. The molecule has 1 N–H and O–H groups in total. The van der Waals surface area contributed by atoms with Crippen LogP contribution >= 0.6 is 15.9 Å². The van der Waals surface area contributed by atoms with Crippen LogP contribution in [0.3, 0.4) is 0 Å². The molecule has 0 radical (unpaired) electrons. The molecule has 7 heteroatoms. The fourth-order valence-electron chi connectivity index (χ4n) is 1.54. The van der Waals surface area contributed by atoms with Gasteiger partial charge in [0, 0.05) is 10.5 Å². The van der Waals surface area contributed by atoms with Crippen LogP contribution in [0.4, 0.5) is 8.78 Å². The lowest BCUT2D eigenvalue weighted by Crippen LogP contribution is -2.02. The summed E-state index contributed by atoms with van der Waals surface area (Å²) in [7, 11) is 0. The van der Waals surface area contributed by atoms with Crippen molar-refractivity contribution in [3.63, 3.8) is 0 Å². The van der Waals surface area contributed by atoms with E-state index in [0.29, 0.717) is 4.47 Å². The second kappa shape index (κ2) is 5.54. The Balaban J connectivity index is 2.36. The van der Waals surface area contributed by atoms with Gasteiger partial charge in [-0.3, -0.25) is 0 Å². The first-order valence-electron chi connectivity index (χ1n) is 5.42. The molecule has 1 heterocycles. The molecule has 0 saturated carbocycles. The average molecular weight is 344 g/mol. The fraction of sp³-hybridized carbons (Fsp3) is 0.0769. The Morgan fingerprint density at radius 2 is 2.05 bits per heavy atom. The van der Waals surface area contributed by atoms with Gasteiger partial charge in [0.15, 0.2) is 11.6 Å². The van der Waals surface area contributed by atoms with Crippen molar-refractivity contribution in [1.82, 2.24) is 4.98 Å². The van der Waals surface area contributed by atoms with E-state index in [-0.39, 0.29) is 22.9 Å². The van der Waals surface area contributed by atoms with Crippen molar-refractivity contribution in [3.8, 4) is 11.6 Å². The number of hydrogen-bond donors (Lipinski definition) is 1. The molecule has 0 aliphatic carbocycles. The molecule has 0 atom stereocenters. The summed E-state index contributed by atoms with van der Waals surface area (Å²) in [6.45, 7) is 1.48. The van der Waals surface area contributed by atoms with Crippen molar-refractivity contribution in [2.45, 2.75) is 6.92 Å². The largest absolute Gasteiger partial charge is 0.478 e. The fourth-order valence-corrected chi connectivity index (χ4v) is 1.95. The maximum absolute atomic E-state index is 13.5. The summed E-state index contributed by atoms with van der Waals surface area (Å²) in [5.41, 5.74) is 0.226. The molecule has 4 nitrogen and oxygen atoms in total. The zero-order chi connectivity index (χ0) is 14.9. The molecule has 0 aliphatic heterocycles. The molecule has 0 spiro atoms. The summed E-state index contributed by atoms with van der Waals surface area (Å²) < 4.78 is 32.2. The van der Waals surface area contributed by atoms with Crippen LogP contribution in [0.2, 0.25) is 0 Å². The first-order chi connectivity index (χ1) is 9.38. The van der Waals surface area contributed by atoms with Gasteiger partial charge in [-0.05, 0) is 25.1 Å². The molecule has 2 aromatic rings. The van der Waals surface area contributed by atoms with E-state index in [1.165, 1.54) is 25.1 Å². The summed E-state index contributed by atoms with van der Waals surface area (Å²) >= 11 is 3.02. The van der Waals surface area contributed by atoms with Gasteiger partial charge in [-0.1, -0.05) is 15.9 Å². The predicted octanol–water partition coefficient (Wildman–Crippen LogP) is 3.92. The van der Waals surface area contributed by atoms with Crippen LogP contribution < -0.4 is 4.74 Å². The Morgan fingerprint density at radius 1 is 1.35 bits per heavy atom. The third kappa shape index (κ3) is 2.93. The van der Waals surface area contributed by atoms with Crippen molar-refractivity contribution >= 4 is 21.9 Å². The second-order valence-corrected chi connectivity index (χ2v) is 4.81. The summed E-state index contributed by atoms with van der Waals surface area (Å²) in [6, 6.07) is 4.77. The van der Waals surface area contributed by atoms with Gasteiger partial charge in [0.1, 0.15) is 0 Å². The van der Waals surface area contributed by atoms with Crippen LogP contribution in [-0.4, -0.2) is 16.1 Å². The van der Waals surface area contributed by atoms with Crippen LogP contribution in [0.15, 0.2) is 28.7 Å².